The van der Waals surface area contributed by atoms with Crippen molar-refractivity contribution in [1.29, 1.82) is 0 Å². The highest BCUT2D eigenvalue weighted by atomic mass is 16.5. The minimum Gasteiger partial charge on any atom is -0.496 e. The normalized spacial score (nSPS) is 9.13. The predicted molar refractivity (Wildman–Crippen MR) is 67.7 cm³/mol. The SMILES string of the molecule is CCC.CCCc1ccc(C)c(OC)c1. The van der Waals surface area contributed by atoms with E-state index in [0.717, 1.165) is 12.2 Å². The summed E-state index contributed by atoms with van der Waals surface area (Å²) in [6.45, 7) is 8.50. The number of benzene rings is 1. The lowest BCUT2D eigenvalue weighted by molar-refractivity contribution is 0.411. The third-order valence-electron chi connectivity index (χ3n) is 2.01. The van der Waals surface area contributed by atoms with Gasteiger partial charge in [-0.1, -0.05) is 45.7 Å². The molecule has 15 heavy (non-hydrogen) atoms. The van der Waals surface area contributed by atoms with Gasteiger partial charge in [-0.15, -0.1) is 0 Å². The molecular formula is C14H24O. The molecule has 1 nitrogen and oxygen atoms in total. The summed E-state index contributed by atoms with van der Waals surface area (Å²) in [5, 5.41) is 0. The molecule has 86 valence electrons. The van der Waals surface area contributed by atoms with Crippen LogP contribution in [0.25, 0.3) is 0 Å². The Morgan fingerprint density at radius 3 is 2.20 bits per heavy atom. The average molecular weight is 208 g/mol. The number of hydrogen-bond acceptors (Lipinski definition) is 1. The molecule has 1 aromatic carbocycles. The standard InChI is InChI=1S/C11H16O.C3H8/c1-4-5-10-7-6-9(2)11(8-10)12-3;1-3-2/h6-8H,4-5H2,1-3H3;3H2,1-2H3. The highest BCUT2D eigenvalue weighted by Crippen LogP contribution is 2.19. The molecule has 0 heterocycles. The van der Waals surface area contributed by atoms with Crippen LogP contribution in [0.4, 0.5) is 0 Å². The van der Waals surface area contributed by atoms with Gasteiger partial charge < -0.3 is 4.74 Å². The summed E-state index contributed by atoms with van der Waals surface area (Å²) < 4.78 is 5.23. The van der Waals surface area contributed by atoms with Crippen LogP contribution in [-0.4, -0.2) is 7.11 Å². The molecule has 0 aliphatic rings. The number of rotatable bonds is 3. The number of aryl methyl sites for hydroxylation is 2. The van der Waals surface area contributed by atoms with Crippen molar-refractivity contribution >= 4 is 0 Å². The molecule has 1 rings (SSSR count). The minimum atomic E-state index is 1.00. The third kappa shape index (κ3) is 5.46. The topological polar surface area (TPSA) is 9.23 Å². The van der Waals surface area contributed by atoms with Crippen molar-refractivity contribution < 1.29 is 4.74 Å². The monoisotopic (exact) mass is 208 g/mol. The van der Waals surface area contributed by atoms with Gasteiger partial charge in [0.2, 0.25) is 0 Å². The lowest BCUT2D eigenvalue weighted by atomic mass is 10.1. The van der Waals surface area contributed by atoms with Crippen LogP contribution in [0.15, 0.2) is 18.2 Å². The molecule has 0 aliphatic heterocycles. The Morgan fingerprint density at radius 1 is 1.13 bits per heavy atom. The van der Waals surface area contributed by atoms with Gasteiger partial charge in [0.25, 0.3) is 0 Å². The summed E-state index contributed by atoms with van der Waals surface area (Å²) in [6, 6.07) is 6.41. The van der Waals surface area contributed by atoms with Crippen molar-refractivity contribution in [3.05, 3.63) is 29.3 Å². The van der Waals surface area contributed by atoms with Crippen LogP contribution in [-0.2, 0) is 6.42 Å². The van der Waals surface area contributed by atoms with E-state index in [0.29, 0.717) is 0 Å². The first-order valence-corrected chi connectivity index (χ1v) is 5.83. The fourth-order valence-corrected chi connectivity index (χ4v) is 1.31. The van der Waals surface area contributed by atoms with Crippen molar-refractivity contribution in [2.75, 3.05) is 7.11 Å². The van der Waals surface area contributed by atoms with E-state index < -0.39 is 0 Å². The van der Waals surface area contributed by atoms with Crippen LogP contribution < -0.4 is 4.74 Å². The van der Waals surface area contributed by atoms with E-state index in [1.807, 2.05) is 0 Å². The van der Waals surface area contributed by atoms with E-state index in [1.54, 1.807) is 7.11 Å². The van der Waals surface area contributed by atoms with Crippen molar-refractivity contribution in [1.82, 2.24) is 0 Å². The fourth-order valence-electron chi connectivity index (χ4n) is 1.31. The van der Waals surface area contributed by atoms with Gasteiger partial charge in [0.05, 0.1) is 7.11 Å². The van der Waals surface area contributed by atoms with Crippen molar-refractivity contribution in [3.63, 3.8) is 0 Å². The zero-order valence-corrected chi connectivity index (χ0v) is 10.8. The Balaban J connectivity index is 0.000000583. The molecule has 0 atom stereocenters. The van der Waals surface area contributed by atoms with Gasteiger partial charge in [-0.2, -0.15) is 0 Å². The highest BCUT2D eigenvalue weighted by molar-refractivity contribution is 5.36. The van der Waals surface area contributed by atoms with E-state index in [-0.39, 0.29) is 0 Å². The lowest BCUT2D eigenvalue weighted by Crippen LogP contribution is -1.89. The second-order valence-corrected chi connectivity index (χ2v) is 3.76. The zero-order chi connectivity index (χ0) is 11.7. The Labute approximate surface area is 94.5 Å². The van der Waals surface area contributed by atoms with Gasteiger partial charge in [-0.3, -0.25) is 0 Å². The van der Waals surface area contributed by atoms with Gasteiger partial charge in [-0.25, -0.2) is 0 Å². The molecule has 0 aromatic heterocycles. The maximum Gasteiger partial charge on any atom is 0.122 e. The molecule has 0 radical (unpaired) electrons. The zero-order valence-electron chi connectivity index (χ0n) is 10.8. The summed E-state index contributed by atoms with van der Waals surface area (Å²) in [7, 11) is 1.72. The largest absolute Gasteiger partial charge is 0.496 e. The Hall–Kier alpha value is -0.980. The molecule has 0 saturated heterocycles. The van der Waals surface area contributed by atoms with Crippen LogP contribution in [0.5, 0.6) is 5.75 Å². The Bertz CT molecular complexity index is 266. The lowest BCUT2D eigenvalue weighted by Gasteiger charge is -2.06. The van der Waals surface area contributed by atoms with E-state index in [2.05, 4.69) is 45.9 Å². The molecule has 0 amide bonds. The van der Waals surface area contributed by atoms with E-state index in [4.69, 9.17) is 4.74 Å². The maximum absolute atomic E-state index is 5.23. The van der Waals surface area contributed by atoms with Crippen LogP contribution in [0.2, 0.25) is 0 Å². The predicted octanol–water partition coefficient (Wildman–Crippen LogP) is 4.37. The summed E-state index contributed by atoms with van der Waals surface area (Å²) in [4.78, 5) is 0. The third-order valence-corrected chi connectivity index (χ3v) is 2.01. The van der Waals surface area contributed by atoms with Crippen molar-refractivity contribution in [2.45, 2.75) is 47.0 Å². The van der Waals surface area contributed by atoms with E-state index >= 15 is 0 Å². The van der Waals surface area contributed by atoms with Gasteiger partial charge in [-0.05, 0) is 30.5 Å². The smallest absolute Gasteiger partial charge is 0.122 e. The second kappa shape index (κ2) is 8.34. The fraction of sp³-hybridized carbons (Fsp3) is 0.571. The molecule has 1 aromatic rings. The van der Waals surface area contributed by atoms with Crippen molar-refractivity contribution in [2.24, 2.45) is 0 Å². The number of methoxy groups -OCH3 is 1. The van der Waals surface area contributed by atoms with Gasteiger partial charge in [0.15, 0.2) is 0 Å². The van der Waals surface area contributed by atoms with E-state index in [9.17, 15) is 0 Å². The molecule has 0 unspecified atom stereocenters. The van der Waals surface area contributed by atoms with E-state index in [1.165, 1.54) is 24.0 Å². The molecule has 0 fully saturated rings. The Morgan fingerprint density at radius 2 is 1.73 bits per heavy atom. The minimum absolute atomic E-state index is 1.00. The molecule has 0 spiro atoms. The van der Waals surface area contributed by atoms with Crippen LogP contribution >= 0.6 is 0 Å². The summed E-state index contributed by atoms with van der Waals surface area (Å²) in [5.74, 6) is 1.00. The first-order valence-electron chi connectivity index (χ1n) is 5.83. The van der Waals surface area contributed by atoms with Crippen LogP contribution in [0, 0.1) is 6.92 Å². The quantitative estimate of drug-likeness (QED) is 0.716. The van der Waals surface area contributed by atoms with Crippen LogP contribution in [0.1, 0.15) is 44.7 Å². The second-order valence-electron chi connectivity index (χ2n) is 3.76. The molecule has 0 aliphatic carbocycles. The van der Waals surface area contributed by atoms with Gasteiger partial charge in [0, 0.05) is 0 Å². The first kappa shape index (κ1) is 14.0. The summed E-state index contributed by atoms with van der Waals surface area (Å²) in [6.07, 6.45) is 3.57. The van der Waals surface area contributed by atoms with Gasteiger partial charge >= 0.3 is 0 Å². The highest BCUT2D eigenvalue weighted by Gasteiger charge is 1.98. The molecule has 0 N–H and O–H groups in total. The average Bonchev–Trinajstić information content (AvgIpc) is 2.22. The molecule has 1 heteroatoms. The number of ether oxygens (including phenoxy) is 1. The van der Waals surface area contributed by atoms with Gasteiger partial charge in [0.1, 0.15) is 5.75 Å². The number of hydrogen-bond donors (Lipinski definition) is 0. The van der Waals surface area contributed by atoms with Crippen LogP contribution in [0.3, 0.4) is 0 Å². The summed E-state index contributed by atoms with van der Waals surface area (Å²) >= 11 is 0. The molecule has 0 saturated carbocycles. The first-order chi connectivity index (χ1) is 7.19. The Kier molecular flexibility index (Phi) is 7.79. The summed E-state index contributed by atoms with van der Waals surface area (Å²) in [5.41, 5.74) is 2.57. The maximum atomic E-state index is 5.23. The molecule has 0 bridgehead atoms. The molecular weight excluding hydrogens is 184 g/mol. The van der Waals surface area contributed by atoms with Crippen molar-refractivity contribution in [3.8, 4) is 5.75 Å².